The molecule has 0 radical (unpaired) electrons. The molecule has 1 heterocycles. The van der Waals surface area contributed by atoms with Crippen LogP contribution in [0.5, 0.6) is 0 Å². The standard InChI is InChI=1S/C13H18N2/c1-10-5-6-11(2)13(9-10)15-8-7-14(4)12(15)3/h5-9,12H,1-4H3/t12-/m1/s1. The zero-order valence-electron chi connectivity index (χ0n) is 9.86. The lowest BCUT2D eigenvalue weighted by Gasteiger charge is -2.28. The van der Waals surface area contributed by atoms with Gasteiger partial charge < -0.3 is 9.80 Å². The van der Waals surface area contributed by atoms with Crippen molar-refractivity contribution in [2.24, 2.45) is 0 Å². The van der Waals surface area contributed by atoms with E-state index in [9.17, 15) is 0 Å². The van der Waals surface area contributed by atoms with Crippen LogP contribution in [0.1, 0.15) is 18.1 Å². The van der Waals surface area contributed by atoms with Crippen LogP contribution in [0.25, 0.3) is 0 Å². The largest absolute Gasteiger partial charge is 0.359 e. The molecule has 1 aliphatic rings. The minimum absolute atomic E-state index is 0.408. The van der Waals surface area contributed by atoms with Gasteiger partial charge in [-0.1, -0.05) is 12.1 Å². The highest BCUT2D eigenvalue weighted by molar-refractivity contribution is 5.58. The van der Waals surface area contributed by atoms with E-state index in [1.165, 1.54) is 16.8 Å². The van der Waals surface area contributed by atoms with Gasteiger partial charge in [-0.05, 0) is 38.0 Å². The summed E-state index contributed by atoms with van der Waals surface area (Å²) in [5, 5.41) is 0. The maximum Gasteiger partial charge on any atom is 0.102 e. The molecule has 2 rings (SSSR count). The summed E-state index contributed by atoms with van der Waals surface area (Å²) in [7, 11) is 2.10. The number of aryl methyl sites for hydroxylation is 2. The van der Waals surface area contributed by atoms with Crippen LogP contribution in [0, 0.1) is 13.8 Å². The predicted molar refractivity (Wildman–Crippen MR) is 64.8 cm³/mol. The molecule has 1 aromatic rings. The van der Waals surface area contributed by atoms with Crippen molar-refractivity contribution in [3.05, 3.63) is 41.7 Å². The Morgan fingerprint density at radius 2 is 1.87 bits per heavy atom. The van der Waals surface area contributed by atoms with E-state index in [0.717, 1.165) is 0 Å². The molecule has 0 aliphatic carbocycles. The van der Waals surface area contributed by atoms with Gasteiger partial charge in [-0.2, -0.15) is 0 Å². The van der Waals surface area contributed by atoms with Crippen molar-refractivity contribution in [1.82, 2.24) is 4.90 Å². The van der Waals surface area contributed by atoms with Gasteiger partial charge in [0.25, 0.3) is 0 Å². The van der Waals surface area contributed by atoms with E-state index in [1.807, 2.05) is 0 Å². The summed E-state index contributed by atoms with van der Waals surface area (Å²) in [5.41, 5.74) is 3.95. The molecule has 0 fully saturated rings. The first-order valence-electron chi connectivity index (χ1n) is 5.35. The molecule has 0 saturated heterocycles. The van der Waals surface area contributed by atoms with Crippen molar-refractivity contribution in [1.29, 1.82) is 0 Å². The van der Waals surface area contributed by atoms with Gasteiger partial charge in [0.15, 0.2) is 0 Å². The Balaban J connectivity index is 2.38. The van der Waals surface area contributed by atoms with Gasteiger partial charge in [0.2, 0.25) is 0 Å². The second kappa shape index (κ2) is 3.61. The first-order chi connectivity index (χ1) is 7.09. The number of anilines is 1. The summed E-state index contributed by atoms with van der Waals surface area (Å²) < 4.78 is 0. The van der Waals surface area contributed by atoms with Crippen LogP contribution in [0.2, 0.25) is 0 Å². The summed E-state index contributed by atoms with van der Waals surface area (Å²) in [6.07, 6.45) is 4.67. The smallest absolute Gasteiger partial charge is 0.102 e. The molecule has 0 saturated carbocycles. The minimum Gasteiger partial charge on any atom is -0.359 e. The Labute approximate surface area is 91.8 Å². The van der Waals surface area contributed by atoms with Gasteiger partial charge in [0.1, 0.15) is 6.17 Å². The highest BCUT2D eigenvalue weighted by Gasteiger charge is 2.20. The fourth-order valence-corrected chi connectivity index (χ4v) is 1.90. The zero-order chi connectivity index (χ0) is 11.0. The van der Waals surface area contributed by atoms with Crippen LogP contribution in [0.3, 0.4) is 0 Å². The van der Waals surface area contributed by atoms with Crippen LogP contribution >= 0.6 is 0 Å². The quantitative estimate of drug-likeness (QED) is 0.691. The van der Waals surface area contributed by atoms with Crippen LogP contribution in [-0.4, -0.2) is 18.1 Å². The Bertz CT molecular complexity index is 396. The van der Waals surface area contributed by atoms with Crippen molar-refractivity contribution in [2.75, 3.05) is 11.9 Å². The van der Waals surface area contributed by atoms with Crippen LogP contribution in [-0.2, 0) is 0 Å². The van der Waals surface area contributed by atoms with E-state index in [2.05, 4.69) is 68.2 Å². The molecule has 2 heteroatoms. The van der Waals surface area contributed by atoms with E-state index >= 15 is 0 Å². The fraction of sp³-hybridized carbons (Fsp3) is 0.385. The molecule has 15 heavy (non-hydrogen) atoms. The molecule has 0 N–H and O–H groups in total. The highest BCUT2D eigenvalue weighted by atomic mass is 15.4. The van der Waals surface area contributed by atoms with Gasteiger partial charge in [0, 0.05) is 25.1 Å². The number of rotatable bonds is 1. The molecule has 0 amide bonds. The Morgan fingerprint density at radius 1 is 1.13 bits per heavy atom. The maximum atomic E-state index is 2.31. The number of hydrogen-bond donors (Lipinski definition) is 0. The molecule has 0 unspecified atom stereocenters. The SMILES string of the molecule is Cc1ccc(C)c(N2C=CN(C)[C@H]2C)c1. The van der Waals surface area contributed by atoms with E-state index in [1.54, 1.807) is 0 Å². The average molecular weight is 202 g/mol. The third kappa shape index (κ3) is 1.72. The van der Waals surface area contributed by atoms with Crippen molar-refractivity contribution >= 4 is 5.69 Å². The van der Waals surface area contributed by atoms with Crippen molar-refractivity contribution < 1.29 is 0 Å². The van der Waals surface area contributed by atoms with E-state index < -0.39 is 0 Å². The van der Waals surface area contributed by atoms with Crippen molar-refractivity contribution in [2.45, 2.75) is 26.9 Å². The number of nitrogens with zero attached hydrogens (tertiary/aromatic N) is 2. The first-order valence-corrected chi connectivity index (χ1v) is 5.35. The third-order valence-corrected chi connectivity index (χ3v) is 3.10. The first kappa shape index (κ1) is 10.1. The maximum absolute atomic E-state index is 2.31. The Hall–Kier alpha value is -1.44. The van der Waals surface area contributed by atoms with Gasteiger partial charge in [0.05, 0.1) is 0 Å². The minimum atomic E-state index is 0.408. The molecular weight excluding hydrogens is 184 g/mol. The van der Waals surface area contributed by atoms with Gasteiger partial charge in [-0.3, -0.25) is 0 Å². The lowest BCUT2D eigenvalue weighted by Crippen LogP contribution is -2.33. The van der Waals surface area contributed by atoms with Gasteiger partial charge in [-0.15, -0.1) is 0 Å². The Kier molecular flexibility index (Phi) is 2.43. The summed E-state index contributed by atoms with van der Waals surface area (Å²) >= 11 is 0. The highest BCUT2D eigenvalue weighted by Crippen LogP contribution is 2.27. The van der Waals surface area contributed by atoms with Crippen LogP contribution < -0.4 is 4.90 Å². The summed E-state index contributed by atoms with van der Waals surface area (Å²) in [4.78, 5) is 4.52. The van der Waals surface area contributed by atoms with E-state index in [4.69, 9.17) is 0 Å². The van der Waals surface area contributed by atoms with E-state index in [0.29, 0.717) is 6.17 Å². The monoisotopic (exact) mass is 202 g/mol. The van der Waals surface area contributed by atoms with E-state index in [-0.39, 0.29) is 0 Å². The second-order valence-electron chi connectivity index (χ2n) is 4.29. The average Bonchev–Trinajstić information content (AvgIpc) is 2.52. The molecule has 80 valence electrons. The lowest BCUT2D eigenvalue weighted by atomic mass is 10.1. The molecule has 0 spiro atoms. The summed E-state index contributed by atoms with van der Waals surface area (Å²) in [6.45, 7) is 6.51. The van der Waals surface area contributed by atoms with Gasteiger partial charge >= 0.3 is 0 Å². The van der Waals surface area contributed by atoms with Crippen molar-refractivity contribution in [3.8, 4) is 0 Å². The normalized spacial score (nSPS) is 20.1. The summed E-state index contributed by atoms with van der Waals surface area (Å²) in [6, 6.07) is 6.59. The molecule has 0 bridgehead atoms. The number of hydrogen-bond acceptors (Lipinski definition) is 2. The summed E-state index contributed by atoms with van der Waals surface area (Å²) in [5.74, 6) is 0. The third-order valence-electron chi connectivity index (χ3n) is 3.10. The van der Waals surface area contributed by atoms with Crippen molar-refractivity contribution in [3.63, 3.8) is 0 Å². The number of benzene rings is 1. The van der Waals surface area contributed by atoms with Crippen LogP contribution in [0.15, 0.2) is 30.6 Å². The molecule has 0 aromatic heterocycles. The predicted octanol–water partition coefficient (Wildman–Crippen LogP) is 2.87. The van der Waals surface area contributed by atoms with Gasteiger partial charge in [-0.25, -0.2) is 0 Å². The molecule has 1 aromatic carbocycles. The van der Waals surface area contributed by atoms with Crippen LogP contribution in [0.4, 0.5) is 5.69 Å². The topological polar surface area (TPSA) is 6.48 Å². The lowest BCUT2D eigenvalue weighted by molar-refractivity contribution is 0.383. The molecule has 1 aliphatic heterocycles. The molecule has 2 nitrogen and oxygen atoms in total. The Morgan fingerprint density at radius 3 is 2.47 bits per heavy atom. The molecular formula is C13H18N2. The molecule has 1 atom stereocenters. The fourth-order valence-electron chi connectivity index (χ4n) is 1.90. The second-order valence-corrected chi connectivity index (χ2v) is 4.29. The zero-order valence-corrected chi connectivity index (χ0v) is 9.86.